The minimum Gasteiger partial charge on any atom is -0.342 e. The van der Waals surface area contributed by atoms with Gasteiger partial charge >= 0.3 is 0 Å². The zero-order chi connectivity index (χ0) is 11.1. The molecule has 0 saturated heterocycles. The molecule has 3 nitrogen and oxygen atoms in total. The number of carbonyl (C=O) groups excluding carboxylic acids is 1. The molecule has 84 valence electrons. The van der Waals surface area contributed by atoms with Crippen LogP contribution in [0, 0.1) is 0 Å². The van der Waals surface area contributed by atoms with Gasteiger partial charge in [-0.25, -0.2) is 0 Å². The van der Waals surface area contributed by atoms with E-state index in [1.807, 2.05) is 18.8 Å². The van der Waals surface area contributed by atoms with E-state index >= 15 is 0 Å². The first kappa shape index (κ1) is 13.8. The number of carbonyl (C=O) groups is 1. The summed E-state index contributed by atoms with van der Waals surface area (Å²) in [6.45, 7) is 5.94. The van der Waals surface area contributed by atoms with Gasteiger partial charge in [-0.1, -0.05) is 6.92 Å². The molecule has 2 N–H and O–H groups in total. The van der Waals surface area contributed by atoms with Crippen LogP contribution >= 0.6 is 11.8 Å². The maximum atomic E-state index is 11.5. The first-order valence-corrected chi connectivity index (χ1v) is 6.26. The standard InChI is InChI=1S/C10H22N2OS/c1-5-14-7-6-8(2)12(4)10(13)9(3)11/h8-9H,5-7,11H2,1-4H3/t8-,9+/m1/s1. The van der Waals surface area contributed by atoms with E-state index in [-0.39, 0.29) is 18.0 Å². The average molecular weight is 218 g/mol. The van der Waals surface area contributed by atoms with Gasteiger partial charge in [0.25, 0.3) is 0 Å². The fourth-order valence-electron chi connectivity index (χ4n) is 1.13. The zero-order valence-electron chi connectivity index (χ0n) is 9.62. The molecule has 0 aromatic heterocycles. The van der Waals surface area contributed by atoms with E-state index in [4.69, 9.17) is 5.73 Å². The molecule has 14 heavy (non-hydrogen) atoms. The van der Waals surface area contributed by atoms with Gasteiger partial charge in [-0.15, -0.1) is 0 Å². The Balaban J connectivity index is 3.86. The van der Waals surface area contributed by atoms with Crippen molar-refractivity contribution in [2.24, 2.45) is 5.73 Å². The molecule has 0 spiro atoms. The summed E-state index contributed by atoms with van der Waals surface area (Å²) in [4.78, 5) is 13.3. The van der Waals surface area contributed by atoms with Crippen molar-refractivity contribution in [2.75, 3.05) is 18.6 Å². The van der Waals surface area contributed by atoms with Crippen molar-refractivity contribution < 1.29 is 4.79 Å². The van der Waals surface area contributed by atoms with E-state index in [0.29, 0.717) is 0 Å². The molecule has 0 radical (unpaired) electrons. The molecule has 0 aliphatic rings. The van der Waals surface area contributed by atoms with Crippen molar-refractivity contribution in [3.8, 4) is 0 Å². The molecule has 0 aromatic rings. The van der Waals surface area contributed by atoms with Gasteiger partial charge < -0.3 is 10.6 Å². The molecular formula is C10H22N2OS. The van der Waals surface area contributed by atoms with Gasteiger partial charge in [-0.05, 0) is 31.8 Å². The highest BCUT2D eigenvalue weighted by Crippen LogP contribution is 2.08. The van der Waals surface area contributed by atoms with E-state index in [9.17, 15) is 4.79 Å². The van der Waals surface area contributed by atoms with E-state index in [0.717, 1.165) is 17.9 Å². The Kier molecular flexibility index (Phi) is 7.01. The molecule has 0 rings (SSSR count). The van der Waals surface area contributed by atoms with Crippen molar-refractivity contribution in [2.45, 2.75) is 39.3 Å². The summed E-state index contributed by atoms with van der Waals surface area (Å²) >= 11 is 1.90. The summed E-state index contributed by atoms with van der Waals surface area (Å²) in [6, 6.07) is -0.103. The molecule has 0 heterocycles. The lowest BCUT2D eigenvalue weighted by Gasteiger charge is -2.26. The highest BCUT2D eigenvalue weighted by Gasteiger charge is 2.18. The number of likely N-dealkylation sites (N-methyl/N-ethyl adjacent to an activating group) is 1. The molecular weight excluding hydrogens is 196 g/mol. The first-order chi connectivity index (χ1) is 6.50. The Hall–Kier alpha value is -0.220. The third-order valence-corrected chi connectivity index (χ3v) is 3.22. The van der Waals surface area contributed by atoms with Gasteiger partial charge in [0.05, 0.1) is 6.04 Å². The van der Waals surface area contributed by atoms with Crippen LogP contribution in [0.4, 0.5) is 0 Å². The van der Waals surface area contributed by atoms with Gasteiger partial charge in [0.15, 0.2) is 0 Å². The number of hydrogen-bond donors (Lipinski definition) is 1. The summed E-state index contributed by atoms with van der Waals surface area (Å²) in [5.74, 6) is 2.27. The van der Waals surface area contributed by atoms with E-state index in [1.54, 1.807) is 11.8 Å². The van der Waals surface area contributed by atoms with Crippen LogP contribution in [0.15, 0.2) is 0 Å². The molecule has 1 amide bonds. The van der Waals surface area contributed by atoms with Crippen molar-refractivity contribution in [3.63, 3.8) is 0 Å². The minimum atomic E-state index is -0.388. The van der Waals surface area contributed by atoms with Crippen LogP contribution in [0.25, 0.3) is 0 Å². The Labute approximate surface area is 91.4 Å². The third-order valence-electron chi connectivity index (χ3n) is 2.28. The lowest BCUT2D eigenvalue weighted by molar-refractivity contribution is -0.132. The highest BCUT2D eigenvalue weighted by atomic mass is 32.2. The monoisotopic (exact) mass is 218 g/mol. The second kappa shape index (κ2) is 7.12. The molecule has 4 heteroatoms. The summed E-state index contributed by atoms with van der Waals surface area (Å²) in [7, 11) is 1.83. The number of thioether (sulfide) groups is 1. The summed E-state index contributed by atoms with van der Waals surface area (Å²) < 4.78 is 0. The summed E-state index contributed by atoms with van der Waals surface area (Å²) in [6.07, 6.45) is 1.04. The van der Waals surface area contributed by atoms with Gasteiger partial charge in [0, 0.05) is 13.1 Å². The Morgan fingerprint density at radius 1 is 1.50 bits per heavy atom. The van der Waals surface area contributed by atoms with Gasteiger partial charge in [0.2, 0.25) is 5.91 Å². The smallest absolute Gasteiger partial charge is 0.239 e. The van der Waals surface area contributed by atoms with E-state index in [2.05, 4.69) is 13.8 Å². The van der Waals surface area contributed by atoms with Gasteiger partial charge in [0.1, 0.15) is 0 Å². The van der Waals surface area contributed by atoms with Crippen LogP contribution in [-0.4, -0.2) is 41.4 Å². The topological polar surface area (TPSA) is 46.3 Å². The normalized spacial score (nSPS) is 14.9. The zero-order valence-corrected chi connectivity index (χ0v) is 10.4. The van der Waals surface area contributed by atoms with Crippen LogP contribution in [0.1, 0.15) is 27.2 Å². The van der Waals surface area contributed by atoms with Crippen LogP contribution in [0.2, 0.25) is 0 Å². The van der Waals surface area contributed by atoms with Crippen molar-refractivity contribution in [1.29, 1.82) is 0 Å². The second-order valence-corrected chi connectivity index (χ2v) is 4.97. The highest BCUT2D eigenvalue weighted by molar-refractivity contribution is 7.99. The van der Waals surface area contributed by atoms with Gasteiger partial charge in [-0.2, -0.15) is 11.8 Å². The molecule has 0 bridgehead atoms. The quantitative estimate of drug-likeness (QED) is 0.684. The fourth-order valence-corrected chi connectivity index (χ4v) is 1.93. The number of nitrogens with zero attached hydrogens (tertiary/aromatic N) is 1. The van der Waals surface area contributed by atoms with E-state index < -0.39 is 0 Å². The van der Waals surface area contributed by atoms with Crippen molar-refractivity contribution in [1.82, 2.24) is 4.90 Å². The second-order valence-electron chi connectivity index (χ2n) is 3.57. The molecule has 0 saturated carbocycles. The fraction of sp³-hybridized carbons (Fsp3) is 0.900. The minimum absolute atomic E-state index is 0.0269. The molecule has 0 aliphatic heterocycles. The number of amides is 1. The predicted molar refractivity (Wildman–Crippen MR) is 63.5 cm³/mol. The number of rotatable bonds is 6. The molecule has 0 aromatic carbocycles. The van der Waals surface area contributed by atoms with Gasteiger partial charge in [-0.3, -0.25) is 4.79 Å². The third kappa shape index (κ3) is 4.86. The number of hydrogen-bond acceptors (Lipinski definition) is 3. The molecule has 2 atom stereocenters. The van der Waals surface area contributed by atoms with Crippen LogP contribution < -0.4 is 5.73 Å². The molecule has 0 unspecified atom stereocenters. The van der Waals surface area contributed by atoms with E-state index in [1.165, 1.54) is 0 Å². The average Bonchev–Trinajstić information content (AvgIpc) is 2.15. The van der Waals surface area contributed by atoms with Crippen LogP contribution in [-0.2, 0) is 4.79 Å². The Morgan fingerprint density at radius 3 is 2.50 bits per heavy atom. The number of nitrogens with two attached hydrogens (primary N) is 1. The van der Waals surface area contributed by atoms with Crippen LogP contribution in [0.5, 0.6) is 0 Å². The lowest BCUT2D eigenvalue weighted by Crippen LogP contribution is -2.44. The molecule has 0 aliphatic carbocycles. The van der Waals surface area contributed by atoms with Crippen molar-refractivity contribution >= 4 is 17.7 Å². The first-order valence-electron chi connectivity index (χ1n) is 5.10. The predicted octanol–water partition coefficient (Wildman–Crippen LogP) is 1.32. The van der Waals surface area contributed by atoms with Crippen LogP contribution in [0.3, 0.4) is 0 Å². The SMILES string of the molecule is CCSCC[C@@H](C)N(C)C(=O)[C@H](C)N. The Bertz CT molecular complexity index is 174. The van der Waals surface area contributed by atoms with Crippen molar-refractivity contribution in [3.05, 3.63) is 0 Å². The largest absolute Gasteiger partial charge is 0.342 e. The lowest BCUT2D eigenvalue weighted by atomic mass is 10.2. The maximum Gasteiger partial charge on any atom is 0.239 e. The Morgan fingerprint density at radius 2 is 2.07 bits per heavy atom. The summed E-state index contributed by atoms with van der Waals surface area (Å²) in [5, 5.41) is 0. The maximum absolute atomic E-state index is 11.5. The summed E-state index contributed by atoms with van der Waals surface area (Å²) in [5.41, 5.74) is 5.53. The molecule has 0 fully saturated rings.